The van der Waals surface area contributed by atoms with Crippen molar-refractivity contribution in [1.29, 1.82) is 0 Å². The summed E-state index contributed by atoms with van der Waals surface area (Å²) in [7, 11) is -4.04. The van der Waals surface area contributed by atoms with E-state index in [1.807, 2.05) is 0 Å². The number of imidazole rings is 1. The van der Waals surface area contributed by atoms with Gasteiger partial charge in [-0.15, -0.1) is 0 Å². The Kier molecular flexibility index (Phi) is 4.97. The number of carbonyl (C=O) groups excluding carboxylic acids is 2. The van der Waals surface area contributed by atoms with Gasteiger partial charge in [0.15, 0.2) is 5.65 Å². The molecule has 2 N–H and O–H groups in total. The molecule has 2 amide bonds. The second kappa shape index (κ2) is 7.70. The van der Waals surface area contributed by atoms with Crippen molar-refractivity contribution in [3.8, 4) is 0 Å². The first-order valence-electron chi connectivity index (χ1n) is 9.76. The summed E-state index contributed by atoms with van der Waals surface area (Å²) in [6.45, 7) is -0.222. The SMILES string of the molecule is NS(=O)(=O)OC[C@@H]1CC[C@H](n2cnc3c(CN4C(=O)c5ccccc5C4=O)ncnc32)O1. The van der Waals surface area contributed by atoms with Gasteiger partial charge in [0.05, 0.1) is 42.4 Å². The number of rotatable bonds is 6. The van der Waals surface area contributed by atoms with Crippen molar-refractivity contribution in [3.05, 3.63) is 53.7 Å². The van der Waals surface area contributed by atoms with E-state index in [-0.39, 0.29) is 25.0 Å². The quantitative estimate of drug-likeness (QED) is 0.519. The fourth-order valence-electron chi connectivity index (χ4n) is 3.94. The van der Waals surface area contributed by atoms with E-state index in [0.29, 0.717) is 40.8 Å². The minimum absolute atomic E-state index is 0.0429. The number of hydrogen-bond donors (Lipinski definition) is 1. The highest BCUT2D eigenvalue weighted by Gasteiger charge is 2.36. The first-order chi connectivity index (χ1) is 15.3. The standard InChI is InChI=1S/C19H18N6O6S/c20-32(28,29)30-8-11-5-6-15(31-11)25-10-23-16-14(21-9-22-17(16)25)7-24-18(26)12-3-1-2-4-13(12)19(24)27/h1-4,9-11,15H,5-8H2,(H2,20,28,29)/t11-,15+/m0/s1. The van der Waals surface area contributed by atoms with E-state index in [2.05, 4.69) is 19.1 Å². The Morgan fingerprint density at radius 1 is 1.09 bits per heavy atom. The lowest BCUT2D eigenvalue weighted by Crippen LogP contribution is -2.29. The van der Waals surface area contributed by atoms with Crippen molar-refractivity contribution in [3.63, 3.8) is 0 Å². The van der Waals surface area contributed by atoms with E-state index in [1.165, 1.54) is 6.33 Å². The Labute approximate surface area is 182 Å². The predicted molar refractivity (Wildman–Crippen MR) is 108 cm³/mol. The zero-order chi connectivity index (χ0) is 22.5. The molecule has 1 saturated heterocycles. The van der Waals surface area contributed by atoms with Crippen molar-refractivity contribution in [2.75, 3.05) is 6.61 Å². The third kappa shape index (κ3) is 3.64. The summed E-state index contributed by atoms with van der Waals surface area (Å²) in [5.41, 5.74) is 2.07. The summed E-state index contributed by atoms with van der Waals surface area (Å²) in [4.78, 5) is 39.4. The van der Waals surface area contributed by atoms with Gasteiger partial charge in [-0.25, -0.2) is 20.1 Å². The molecule has 0 radical (unpaired) electrons. The van der Waals surface area contributed by atoms with Crippen LogP contribution in [0.2, 0.25) is 0 Å². The molecule has 0 bridgehead atoms. The molecule has 2 atom stereocenters. The number of aromatic nitrogens is 4. The summed E-state index contributed by atoms with van der Waals surface area (Å²) >= 11 is 0. The van der Waals surface area contributed by atoms with E-state index >= 15 is 0 Å². The Morgan fingerprint density at radius 2 is 1.81 bits per heavy atom. The average molecular weight is 458 g/mol. The summed E-state index contributed by atoms with van der Waals surface area (Å²) in [5, 5.41) is 4.86. The topological polar surface area (TPSA) is 160 Å². The van der Waals surface area contributed by atoms with Gasteiger partial charge in [0, 0.05) is 0 Å². The van der Waals surface area contributed by atoms with Crippen LogP contribution >= 0.6 is 0 Å². The van der Waals surface area contributed by atoms with Crippen molar-refractivity contribution >= 4 is 33.3 Å². The van der Waals surface area contributed by atoms with Gasteiger partial charge < -0.3 is 4.74 Å². The second-order valence-corrected chi connectivity index (χ2v) is 8.68. The molecule has 4 heterocycles. The Balaban J connectivity index is 1.37. The lowest BCUT2D eigenvalue weighted by molar-refractivity contribution is -0.0149. The summed E-state index contributed by atoms with van der Waals surface area (Å²) in [6.07, 6.45) is 3.14. The second-order valence-electron chi connectivity index (χ2n) is 7.45. The van der Waals surface area contributed by atoms with Crippen molar-refractivity contribution in [2.45, 2.75) is 31.7 Å². The van der Waals surface area contributed by atoms with Crippen molar-refractivity contribution in [1.82, 2.24) is 24.4 Å². The fourth-order valence-corrected chi connectivity index (χ4v) is 4.29. The summed E-state index contributed by atoms with van der Waals surface area (Å²) < 4.78 is 34.2. The number of amides is 2. The van der Waals surface area contributed by atoms with Crippen LogP contribution in [0.25, 0.3) is 11.2 Å². The van der Waals surface area contributed by atoms with Crippen LogP contribution in [0.5, 0.6) is 0 Å². The molecule has 2 aliphatic rings. The van der Waals surface area contributed by atoms with Gasteiger partial charge in [-0.1, -0.05) is 12.1 Å². The molecule has 3 aromatic rings. The third-order valence-corrected chi connectivity index (χ3v) is 5.90. The maximum absolute atomic E-state index is 12.7. The molecule has 0 unspecified atom stereocenters. The number of ether oxygens (including phenoxy) is 1. The third-order valence-electron chi connectivity index (χ3n) is 5.43. The van der Waals surface area contributed by atoms with Crippen LogP contribution < -0.4 is 5.14 Å². The fraction of sp³-hybridized carbons (Fsp3) is 0.316. The van der Waals surface area contributed by atoms with Gasteiger partial charge in [0.2, 0.25) is 0 Å². The molecule has 1 fully saturated rings. The van der Waals surface area contributed by atoms with E-state index in [4.69, 9.17) is 9.88 Å². The minimum Gasteiger partial charge on any atom is -0.352 e. The van der Waals surface area contributed by atoms with Crippen LogP contribution in [0, 0.1) is 0 Å². The zero-order valence-electron chi connectivity index (χ0n) is 16.6. The Hall–Kier alpha value is -3.26. The molecule has 0 saturated carbocycles. The summed E-state index contributed by atoms with van der Waals surface area (Å²) in [6, 6.07) is 6.66. The Bertz CT molecular complexity index is 1300. The number of hydrogen-bond acceptors (Lipinski definition) is 9. The van der Waals surface area contributed by atoms with Crippen LogP contribution in [-0.4, -0.2) is 57.4 Å². The van der Waals surface area contributed by atoms with Crippen LogP contribution in [0.15, 0.2) is 36.9 Å². The van der Waals surface area contributed by atoms with E-state index in [1.54, 1.807) is 35.2 Å². The van der Waals surface area contributed by atoms with Gasteiger partial charge in [0.25, 0.3) is 11.8 Å². The molecule has 1 aromatic carbocycles. The first-order valence-corrected chi connectivity index (χ1v) is 11.2. The molecule has 0 spiro atoms. The van der Waals surface area contributed by atoms with Gasteiger partial charge in [-0.05, 0) is 25.0 Å². The highest BCUT2D eigenvalue weighted by Crippen LogP contribution is 2.31. The van der Waals surface area contributed by atoms with Gasteiger partial charge in [-0.2, -0.15) is 8.42 Å². The lowest BCUT2D eigenvalue weighted by Gasteiger charge is -2.15. The van der Waals surface area contributed by atoms with Gasteiger partial charge in [-0.3, -0.25) is 23.2 Å². The molecule has 0 aliphatic carbocycles. The van der Waals surface area contributed by atoms with Crippen LogP contribution in [-0.2, 0) is 25.8 Å². The monoisotopic (exact) mass is 458 g/mol. The normalized spacial score (nSPS) is 21.0. The number of imide groups is 1. The van der Waals surface area contributed by atoms with E-state index in [9.17, 15) is 18.0 Å². The highest BCUT2D eigenvalue weighted by atomic mass is 32.2. The largest absolute Gasteiger partial charge is 0.352 e. The molecule has 12 nitrogen and oxygen atoms in total. The van der Waals surface area contributed by atoms with Crippen molar-refractivity contribution in [2.24, 2.45) is 5.14 Å². The van der Waals surface area contributed by atoms with Gasteiger partial charge >= 0.3 is 10.3 Å². The zero-order valence-corrected chi connectivity index (χ0v) is 17.4. The maximum Gasteiger partial charge on any atom is 0.333 e. The summed E-state index contributed by atoms with van der Waals surface area (Å²) in [5.74, 6) is -0.762. The van der Waals surface area contributed by atoms with E-state index in [0.717, 1.165) is 4.90 Å². The predicted octanol–water partition coefficient (Wildman–Crippen LogP) is 0.520. The van der Waals surface area contributed by atoms with Crippen molar-refractivity contribution < 1.29 is 26.9 Å². The van der Waals surface area contributed by atoms with E-state index < -0.39 is 22.6 Å². The van der Waals surface area contributed by atoms with Crippen LogP contribution in [0.3, 0.4) is 0 Å². The molecular weight excluding hydrogens is 440 g/mol. The molecule has 13 heteroatoms. The van der Waals surface area contributed by atoms with Crippen LogP contribution in [0.1, 0.15) is 45.5 Å². The molecule has 166 valence electrons. The number of nitrogens with zero attached hydrogens (tertiary/aromatic N) is 5. The van der Waals surface area contributed by atoms with Crippen LogP contribution in [0.4, 0.5) is 0 Å². The number of carbonyl (C=O) groups is 2. The maximum atomic E-state index is 12.7. The minimum atomic E-state index is -4.04. The Morgan fingerprint density at radius 3 is 2.50 bits per heavy atom. The molecule has 2 aliphatic heterocycles. The lowest BCUT2D eigenvalue weighted by atomic mass is 10.1. The van der Waals surface area contributed by atoms with Gasteiger partial charge in [0.1, 0.15) is 18.1 Å². The number of benzene rings is 1. The highest BCUT2D eigenvalue weighted by molar-refractivity contribution is 7.84. The average Bonchev–Trinajstić information content (AvgIpc) is 3.46. The molecular formula is C19H18N6O6S. The molecule has 5 rings (SSSR count). The first kappa shape index (κ1) is 20.6. The number of fused-ring (bicyclic) bond motifs is 2. The molecule has 2 aromatic heterocycles. The molecule has 32 heavy (non-hydrogen) atoms. The number of nitrogens with two attached hydrogens (primary N) is 1. The smallest absolute Gasteiger partial charge is 0.333 e.